The van der Waals surface area contributed by atoms with Crippen LogP contribution in [0.2, 0.25) is 10.0 Å². The van der Waals surface area contributed by atoms with Gasteiger partial charge in [0.1, 0.15) is 0 Å². The minimum Gasteiger partial charge on any atom is -0.454 e. The second-order valence-corrected chi connectivity index (χ2v) is 9.90. The Kier molecular flexibility index (Phi) is 5.65. The highest BCUT2D eigenvalue weighted by molar-refractivity contribution is 7.91. The van der Waals surface area contributed by atoms with Gasteiger partial charge in [-0.15, -0.1) is 0 Å². The van der Waals surface area contributed by atoms with E-state index in [9.17, 15) is 8.42 Å². The van der Waals surface area contributed by atoms with Crippen LogP contribution < -0.4 is 14.8 Å². The van der Waals surface area contributed by atoms with Crippen molar-refractivity contribution >= 4 is 38.9 Å². The van der Waals surface area contributed by atoms with Crippen molar-refractivity contribution in [2.75, 3.05) is 12.1 Å². The molecule has 0 spiro atoms. The third-order valence-corrected chi connectivity index (χ3v) is 7.14. The first-order chi connectivity index (χ1) is 15.9. The van der Waals surface area contributed by atoms with Crippen LogP contribution in [-0.2, 0) is 16.4 Å². The largest absolute Gasteiger partial charge is 0.454 e. The molecule has 2 heterocycles. The van der Waals surface area contributed by atoms with Crippen molar-refractivity contribution in [3.05, 3.63) is 82.3 Å². The number of hydrogen-bond donors (Lipinski definition) is 1. The van der Waals surface area contributed by atoms with Crippen molar-refractivity contribution in [3.8, 4) is 23.0 Å². The maximum absolute atomic E-state index is 13.4. The predicted molar refractivity (Wildman–Crippen MR) is 124 cm³/mol. The number of sulfone groups is 1. The van der Waals surface area contributed by atoms with E-state index in [0.29, 0.717) is 27.1 Å². The Morgan fingerprint density at radius 1 is 0.879 bits per heavy atom. The van der Waals surface area contributed by atoms with Crippen LogP contribution >= 0.6 is 23.2 Å². The van der Waals surface area contributed by atoms with Gasteiger partial charge in [-0.1, -0.05) is 29.3 Å². The molecular weight excluding hydrogens is 487 g/mol. The summed E-state index contributed by atoms with van der Waals surface area (Å²) in [6.45, 7) is 0.442. The van der Waals surface area contributed by atoms with Crippen molar-refractivity contribution in [2.24, 2.45) is 0 Å². The number of hydrogen-bond acceptors (Lipinski definition) is 7. The summed E-state index contributed by atoms with van der Waals surface area (Å²) in [7, 11) is -3.99. The molecule has 1 aliphatic rings. The van der Waals surface area contributed by atoms with Crippen LogP contribution in [0, 0.1) is 0 Å². The van der Waals surface area contributed by atoms with Crippen LogP contribution in [0.1, 0.15) is 5.56 Å². The summed E-state index contributed by atoms with van der Waals surface area (Å²) in [5.74, 6) is 1.46. The maximum atomic E-state index is 13.4. The van der Waals surface area contributed by atoms with Gasteiger partial charge in [-0.3, -0.25) is 0 Å². The Hall–Kier alpha value is -3.20. The van der Waals surface area contributed by atoms with Gasteiger partial charge in [0, 0.05) is 22.2 Å². The first-order valence-corrected chi connectivity index (χ1v) is 12.0. The number of ether oxygens (including phenoxy) is 2. The molecule has 0 radical (unpaired) electrons. The summed E-state index contributed by atoms with van der Waals surface area (Å²) in [4.78, 5) is 4.36. The van der Waals surface area contributed by atoms with E-state index >= 15 is 0 Å². The first kappa shape index (κ1) is 21.6. The smallest absolute Gasteiger partial charge is 0.234 e. The third-order valence-electron chi connectivity index (χ3n) is 4.96. The summed E-state index contributed by atoms with van der Waals surface area (Å²) in [6, 6.07) is 18.1. The monoisotopic (exact) mass is 502 g/mol. The van der Waals surface area contributed by atoms with Gasteiger partial charge in [-0.25, -0.2) is 8.42 Å². The zero-order valence-electron chi connectivity index (χ0n) is 16.9. The Balaban J connectivity index is 1.52. The normalized spacial score (nSPS) is 12.7. The Morgan fingerprint density at radius 3 is 2.27 bits per heavy atom. The molecule has 5 rings (SSSR count). The number of nitrogens with zero attached hydrogens (tertiary/aromatic N) is 1. The fraction of sp³-hybridized carbons (Fsp3) is 0.0870. The molecule has 0 atom stereocenters. The van der Waals surface area contributed by atoms with Gasteiger partial charge in [0.15, 0.2) is 11.5 Å². The Bertz CT molecular complexity index is 1420. The van der Waals surface area contributed by atoms with Crippen molar-refractivity contribution < 1.29 is 22.3 Å². The predicted octanol–water partition coefficient (Wildman–Crippen LogP) is 5.82. The highest BCUT2D eigenvalue weighted by Crippen LogP contribution is 2.35. The first-order valence-electron chi connectivity index (χ1n) is 9.80. The fourth-order valence-corrected chi connectivity index (χ4v) is 4.81. The van der Waals surface area contributed by atoms with Crippen molar-refractivity contribution in [1.29, 1.82) is 0 Å². The van der Waals surface area contributed by atoms with E-state index < -0.39 is 9.84 Å². The summed E-state index contributed by atoms with van der Waals surface area (Å²) < 4.78 is 43.3. The fourth-order valence-electron chi connectivity index (χ4n) is 3.27. The highest BCUT2D eigenvalue weighted by atomic mass is 35.5. The molecule has 168 valence electrons. The lowest BCUT2D eigenvalue weighted by Gasteiger charge is -2.07. The van der Waals surface area contributed by atoms with Crippen LogP contribution in [0.25, 0.3) is 11.5 Å². The molecule has 1 aliphatic heterocycles. The van der Waals surface area contributed by atoms with Gasteiger partial charge in [0.2, 0.25) is 33.4 Å². The average molecular weight is 503 g/mol. The van der Waals surface area contributed by atoms with Crippen LogP contribution in [0.3, 0.4) is 0 Å². The van der Waals surface area contributed by atoms with Crippen LogP contribution in [0.5, 0.6) is 11.5 Å². The summed E-state index contributed by atoms with van der Waals surface area (Å²) in [5.41, 5.74) is 1.43. The lowest BCUT2D eigenvalue weighted by molar-refractivity contribution is 0.174. The Labute approximate surface area is 199 Å². The zero-order valence-corrected chi connectivity index (χ0v) is 19.2. The molecule has 0 saturated heterocycles. The zero-order chi connectivity index (χ0) is 23.0. The van der Waals surface area contributed by atoms with Gasteiger partial charge in [0.05, 0.1) is 4.90 Å². The molecule has 0 bridgehead atoms. The van der Waals surface area contributed by atoms with Crippen LogP contribution in [0.15, 0.2) is 81.1 Å². The molecular formula is C23H16Cl2N2O5S. The second-order valence-electron chi connectivity index (χ2n) is 7.16. The lowest BCUT2D eigenvalue weighted by atomic mass is 10.2. The number of oxazole rings is 1. The molecule has 7 nitrogen and oxygen atoms in total. The standard InChI is InChI=1S/C23H16Cl2N2O5S/c24-16-4-2-15(3-5-16)21-27-23(33(28,29)18-8-6-17(25)7-9-18)22(32-21)26-12-14-1-10-19-20(11-14)31-13-30-19/h1-11,26H,12-13H2. The van der Waals surface area contributed by atoms with E-state index in [4.69, 9.17) is 37.1 Å². The molecule has 0 amide bonds. The third kappa shape index (κ3) is 4.37. The molecule has 1 aromatic heterocycles. The van der Waals surface area contributed by atoms with Crippen LogP contribution in [-0.4, -0.2) is 20.2 Å². The van der Waals surface area contributed by atoms with Crippen molar-refractivity contribution in [3.63, 3.8) is 0 Å². The number of anilines is 1. The number of nitrogens with one attached hydrogen (secondary N) is 1. The molecule has 33 heavy (non-hydrogen) atoms. The molecule has 0 unspecified atom stereocenters. The number of fused-ring (bicyclic) bond motifs is 1. The summed E-state index contributed by atoms with van der Waals surface area (Å²) >= 11 is 11.9. The molecule has 3 aromatic carbocycles. The molecule has 0 fully saturated rings. The molecule has 10 heteroatoms. The van der Waals surface area contributed by atoms with Gasteiger partial charge >= 0.3 is 0 Å². The van der Waals surface area contributed by atoms with Crippen molar-refractivity contribution in [1.82, 2.24) is 4.98 Å². The minimum absolute atomic E-state index is 0.0209. The summed E-state index contributed by atoms with van der Waals surface area (Å²) in [5, 5.41) is 3.80. The maximum Gasteiger partial charge on any atom is 0.234 e. The highest BCUT2D eigenvalue weighted by Gasteiger charge is 2.28. The number of rotatable bonds is 6. The van der Waals surface area contributed by atoms with E-state index in [1.807, 2.05) is 12.1 Å². The lowest BCUT2D eigenvalue weighted by Crippen LogP contribution is -2.07. The molecule has 4 aromatic rings. The van der Waals surface area contributed by atoms with E-state index in [1.54, 1.807) is 30.3 Å². The number of aromatic nitrogens is 1. The van der Waals surface area contributed by atoms with Gasteiger partial charge < -0.3 is 19.2 Å². The van der Waals surface area contributed by atoms with Gasteiger partial charge in [-0.2, -0.15) is 4.98 Å². The SMILES string of the molecule is O=S(=O)(c1ccc(Cl)cc1)c1nc(-c2ccc(Cl)cc2)oc1NCc1ccc2c(c1)OCO2. The minimum atomic E-state index is -3.99. The van der Waals surface area contributed by atoms with Gasteiger partial charge in [0.25, 0.3) is 0 Å². The van der Waals surface area contributed by atoms with E-state index in [-0.39, 0.29) is 35.0 Å². The van der Waals surface area contributed by atoms with E-state index in [2.05, 4.69) is 10.3 Å². The molecule has 0 saturated carbocycles. The van der Waals surface area contributed by atoms with E-state index in [0.717, 1.165) is 5.56 Å². The van der Waals surface area contributed by atoms with Crippen molar-refractivity contribution in [2.45, 2.75) is 16.5 Å². The molecule has 0 aliphatic carbocycles. The number of benzene rings is 3. The topological polar surface area (TPSA) is 90.7 Å². The molecule has 1 N–H and O–H groups in total. The number of halogens is 2. The summed E-state index contributed by atoms with van der Waals surface area (Å²) in [6.07, 6.45) is 0. The van der Waals surface area contributed by atoms with Crippen LogP contribution in [0.4, 0.5) is 5.88 Å². The quantitative estimate of drug-likeness (QED) is 0.355. The Morgan fingerprint density at radius 2 is 1.55 bits per heavy atom. The van der Waals surface area contributed by atoms with E-state index in [1.165, 1.54) is 24.3 Å². The van der Waals surface area contributed by atoms with Gasteiger partial charge in [-0.05, 0) is 66.2 Å². The second kappa shape index (κ2) is 8.62. The average Bonchev–Trinajstić information content (AvgIpc) is 3.45.